The van der Waals surface area contributed by atoms with Gasteiger partial charge in [0, 0.05) is 28.9 Å². The summed E-state index contributed by atoms with van der Waals surface area (Å²) in [5.41, 5.74) is 6.37. The van der Waals surface area contributed by atoms with E-state index in [1.165, 1.54) is 0 Å². The van der Waals surface area contributed by atoms with Crippen molar-refractivity contribution in [2.75, 3.05) is 17.3 Å². The van der Waals surface area contributed by atoms with Crippen molar-refractivity contribution in [3.8, 4) is 0 Å². The van der Waals surface area contributed by atoms with Gasteiger partial charge in [0.25, 0.3) is 0 Å². The summed E-state index contributed by atoms with van der Waals surface area (Å²) in [6, 6.07) is 6.55. The average molecular weight is 317 g/mol. The molecule has 0 saturated carbocycles. The van der Waals surface area contributed by atoms with Gasteiger partial charge in [0.2, 0.25) is 0 Å². The molecule has 0 aliphatic heterocycles. The molecule has 0 fully saturated rings. The van der Waals surface area contributed by atoms with E-state index in [4.69, 9.17) is 5.73 Å². The van der Waals surface area contributed by atoms with Gasteiger partial charge in [-0.2, -0.15) is 0 Å². The van der Waals surface area contributed by atoms with E-state index in [0.717, 1.165) is 12.0 Å². The van der Waals surface area contributed by atoms with Gasteiger partial charge in [-0.25, -0.2) is 8.42 Å². The van der Waals surface area contributed by atoms with Crippen LogP contribution in [0.3, 0.4) is 0 Å². The van der Waals surface area contributed by atoms with E-state index in [1.807, 2.05) is 13.8 Å². The molecule has 20 heavy (non-hydrogen) atoms. The molecule has 2 N–H and O–H groups in total. The zero-order chi connectivity index (χ0) is 15.2. The van der Waals surface area contributed by atoms with Gasteiger partial charge in [-0.3, -0.25) is 4.21 Å². The molecular weight excluding hydrogens is 294 g/mol. The molecule has 0 spiro atoms. The van der Waals surface area contributed by atoms with Crippen LogP contribution in [0.25, 0.3) is 0 Å². The number of hydrogen-bond donors (Lipinski definition) is 1. The van der Waals surface area contributed by atoms with E-state index >= 15 is 0 Å². The fourth-order valence-corrected chi connectivity index (χ4v) is 5.12. The van der Waals surface area contributed by atoms with Gasteiger partial charge < -0.3 is 5.73 Å². The number of hydrogen-bond acceptors (Lipinski definition) is 4. The van der Waals surface area contributed by atoms with Gasteiger partial charge >= 0.3 is 0 Å². The zero-order valence-corrected chi connectivity index (χ0v) is 13.7. The second-order valence-electron chi connectivity index (χ2n) is 4.99. The lowest BCUT2D eigenvalue weighted by molar-refractivity contribution is 0.595. The molecule has 1 aromatic carbocycles. The fourth-order valence-electron chi connectivity index (χ4n) is 1.67. The fraction of sp³-hybridized carbons (Fsp3) is 0.571. The Labute approximate surface area is 124 Å². The van der Waals surface area contributed by atoms with Crippen molar-refractivity contribution in [1.82, 2.24) is 0 Å². The summed E-state index contributed by atoms with van der Waals surface area (Å²) in [5.74, 6) is 1.06. The third-order valence-electron chi connectivity index (χ3n) is 3.27. The van der Waals surface area contributed by atoms with Crippen LogP contribution in [-0.4, -0.2) is 29.9 Å². The standard InChI is InChI=1S/C14H23NO3S2/c1-3-12(2)11-19(16)8-9-20(17,18)14-6-4-13(10-15)5-7-14/h4-7,12H,3,8-11,15H2,1-2H3. The molecule has 114 valence electrons. The summed E-state index contributed by atoms with van der Waals surface area (Å²) >= 11 is 0. The highest BCUT2D eigenvalue weighted by Gasteiger charge is 2.16. The molecule has 0 saturated heterocycles. The van der Waals surface area contributed by atoms with Crippen molar-refractivity contribution in [2.45, 2.75) is 31.7 Å². The molecule has 0 aliphatic carbocycles. The highest BCUT2D eigenvalue weighted by molar-refractivity contribution is 7.93. The number of nitrogens with two attached hydrogens (primary N) is 1. The van der Waals surface area contributed by atoms with E-state index in [1.54, 1.807) is 24.3 Å². The maximum absolute atomic E-state index is 12.1. The molecule has 0 amide bonds. The largest absolute Gasteiger partial charge is 0.326 e. The van der Waals surface area contributed by atoms with E-state index in [0.29, 0.717) is 18.2 Å². The molecule has 1 aromatic rings. The van der Waals surface area contributed by atoms with Crippen LogP contribution in [0.5, 0.6) is 0 Å². The zero-order valence-electron chi connectivity index (χ0n) is 12.0. The Kier molecular flexibility index (Phi) is 6.85. The molecule has 6 heteroatoms. The van der Waals surface area contributed by atoms with Crippen molar-refractivity contribution in [3.05, 3.63) is 29.8 Å². The van der Waals surface area contributed by atoms with Crippen molar-refractivity contribution >= 4 is 20.6 Å². The van der Waals surface area contributed by atoms with Gasteiger partial charge in [-0.15, -0.1) is 0 Å². The first-order chi connectivity index (χ1) is 9.39. The molecule has 0 aliphatic rings. The highest BCUT2D eigenvalue weighted by Crippen LogP contribution is 2.13. The summed E-state index contributed by atoms with van der Waals surface area (Å²) in [7, 11) is -4.43. The van der Waals surface area contributed by atoms with E-state index < -0.39 is 20.6 Å². The topological polar surface area (TPSA) is 77.2 Å². The van der Waals surface area contributed by atoms with Crippen LogP contribution in [0.15, 0.2) is 29.2 Å². The Morgan fingerprint density at radius 3 is 2.35 bits per heavy atom. The van der Waals surface area contributed by atoms with Crippen LogP contribution in [0.4, 0.5) is 0 Å². The molecule has 0 radical (unpaired) electrons. The lowest BCUT2D eigenvalue weighted by Crippen LogP contribution is -2.17. The summed E-state index contributed by atoms with van der Waals surface area (Å²) in [6.07, 6.45) is 0.957. The number of rotatable bonds is 8. The third-order valence-corrected chi connectivity index (χ3v) is 6.86. The van der Waals surface area contributed by atoms with Crippen LogP contribution in [0.2, 0.25) is 0 Å². The lowest BCUT2D eigenvalue weighted by Gasteiger charge is -2.09. The Hall–Kier alpha value is -0.720. The summed E-state index contributed by atoms with van der Waals surface area (Å²) < 4.78 is 36.1. The smallest absolute Gasteiger partial charge is 0.179 e. The minimum absolute atomic E-state index is 0.0714. The van der Waals surface area contributed by atoms with Crippen molar-refractivity contribution < 1.29 is 12.6 Å². The molecule has 0 aromatic heterocycles. The maximum Gasteiger partial charge on any atom is 0.179 e. The quantitative estimate of drug-likeness (QED) is 0.792. The highest BCUT2D eigenvalue weighted by atomic mass is 32.2. The molecule has 1 rings (SSSR count). The van der Waals surface area contributed by atoms with Gasteiger partial charge in [0.05, 0.1) is 10.6 Å². The van der Waals surface area contributed by atoms with Crippen molar-refractivity contribution in [1.29, 1.82) is 0 Å². The van der Waals surface area contributed by atoms with E-state index in [-0.39, 0.29) is 16.4 Å². The first-order valence-corrected chi connectivity index (χ1v) is 9.89. The predicted octanol–water partition coefficient (Wildman–Crippen LogP) is 1.71. The van der Waals surface area contributed by atoms with E-state index in [9.17, 15) is 12.6 Å². The van der Waals surface area contributed by atoms with Crippen LogP contribution < -0.4 is 5.73 Å². The first kappa shape index (κ1) is 17.3. The van der Waals surface area contributed by atoms with Crippen LogP contribution in [0, 0.1) is 5.92 Å². The van der Waals surface area contributed by atoms with E-state index in [2.05, 4.69) is 0 Å². The summed E-state index contributed by atoms with van der Waals surface area (Å²) in [5, 5.41) is 0. The van der Waals surface area contributed by atoms with Crippen molar-refractivity contribution in [3.63, 3.8) is 0 Å². The first-order valence-electron chi connectivity index (χ1n) is 6.75. The molecule has 2 atom stereocenters. The Bertz CT molecular complexity index is 538. The molecule has 4 nitrogen and oxygen atoms in total. The summed E-state index contributed by atoms with van der Waals surface area (Å²) in [6.45, 7) is 4.45. The number of sulfone groups is 1. The minimum Gasteiger partial charge on any atom is -0.326 e. The van der Waals surface area contributed by atoms with Gasteiger partial charge in [0.1, 0.15) is 0 Å². The lowest BCUT2D eigenvalue weighted by atomic mass is 10.2. The van der Waals surface area contributed by atoms with Crippen LogP contribution in [0.1, 0.15) is 25.8 Å². The Morgan fingerprint density at radius 2 is 1.85 bits per heavy atom. The molecule has 2 unspecified atom stereocenters. The number of benzene rings is 1. The molecular formula is C14H23NO3S2. The second-order valence-corrected chi connectivity index (χ2v) is 8.72. The SMILES string of the molecule is CCC(C)CS(=O)CCS(=O)(=O)c1ccc(CN)cc1. The van der Waals surface area contributed by atoms with Gasteiger partial charge in [-0.05, 0) is 23.6 Å². The molecule has 0 bridgehead atoms. The Balaban J connectivity index is 2.63. The van der Waals surface area contributed by atoms with Crippen molar-refractivity contribution in [2.24, 2.45) is 11.7 Å². The molecule has 0 heterocycles. The second kappa shape index (κ2) is 7.90. The average Bonchev–Trinajstić information content (AvgIpc) is 2.45. The van der Waals surface area contributed by atoms with Crippen LogP contribution in [-0.2, 0) is 27.2 Å². The van der Waals surface area contributed by atoms with Crippen LogP contribution >= 0.6 is 0 Å². The van der Waals surface area contributed by atoms with Gasteiger partial charge in [-0.1, -0.05) is 32.4 Å². The minimum atomic E-state index is -3.36. The van der Waals surface area contributed by atoms with Gasteiger partial charge in [0.15, 0.2) is 9.84 Å². The maximum atomic E-state index is 12.1. The monoisotopic (exact) mass is 317 g/mol. The normalized spacial score (nSPS) is 14.9. The third kappa shape index (κ3) is 5.34. The predicted molar refractivity (Wildman–Crippen MR) is 83.7 cm³/mol. The Morgan fingerprint density at radius 1 is 1.25 bits per heavy atom. The summed E-state index contributed by atoms with van der Waals surface area (Å²) in [4.78, 5) is 0.273.